The lowest BCUT2D eigenvalue weighted by Crippen LogP contribution is -2.39. The molecule has 1 aliphatic heterocycles. The molecule has 0 spiro atoms. The summed E-state index contributed by atoms with van der Waals surface area (Å²) in [6, 6.07) is 11.6. The average Bonchev–Trinajstić information content (AvgIpc) is 3.21. The van der Waals surface area contributed by atoms with Gasteiger partial charge in [-0.1, -0.05) is 18.2 Å². The average molecular weight is 352 g/mol. The van der Waals surface area contributed by atoms with Gasteiger partial charge in [0.05, 0.1) is 6.10 Å². The number of nitrogens with zero attached hydrogens (tertiary/aromatic N) is 2. The van der Waals surface area contributed by atoms with E-state index in [1.165, 1.54) is 0 Å². The van der Waals surface area contributed by atoms with Gasteiger partial charge >= 0.3 is 0 Å². The van der Waals surface area contributed by atoms with Gasteiger partial charge in [-0.15, -0.1) is 11.3 Å². The summed E-state index contributed by atoms with van der Waals surface area (Å²) in [7, 11) is 0. The Morgan fingerprint density at radius 3 is 2.80 bits per heavy atom. The highest BCUT2D eigenvalue weighted by Gasteiger charge is 2.29. The number of aliphatic hydroxyl groups is 1. The molecule has 2 aromatic heterocycles. The summed E-state index contributed by atoms with van der Waals surface area (Å²) >= 11 is 1.59. The van der Waals surface area contributed by atoms with E-state index in [4.69, 9.17) is 0 Å². The monoisotopic (exact) mass is 352 g/mol. The van der Waals surface area contributed by atoms with Gasteiger partial charge in [0.2, 0.25) is 0 Å². The van der Waals surface area contributed by atoms with Crippen LogP contribution < -0.4 is 0 Å². The molecule has 1 aromatic carbocycles. The summed E-state index contributed by atoms with van der Waals surface area (Å²) in [5.41, 5.74) is 0.733. The first-order chi connectivity index (χ1) is 12.2. The second-order valence-electron chi connectivity index (χ2n) is 6.49. The number of aliphatic hydroxyl groups excluding tert-OH is 1. The minimum atomic E-state index is -0.416. The summed E-state index contributed by atoms with van der Waals surface area (Å²) < 4.78 is 0. The van der Waals surface area contributed by atoms with Gasteiger partial charge in [0.25, 0.3) is 5.91 Å². The SMILES string of the molecule is O=C(c1cccc2cnccc12)N1CCC(C(O)c2cccs2)CC1. The Labute approximate surface area is 150 Å². The zero-order chi connectivity index (χ0) is 17.2. The lowest BCUT2D eigenvalue weighted by atomic mass is 9.90. The molecule has 4 rings (SSSR count). The van der Waals surface area contributed by atoms with E-state index < -0.39 is 6.10 Å². The highest BCUT2D eigenvalue weighted by molar-refractivity contribution is 7.10. The number of fused-ring (bicyclic) bond motifs is 1. The summed E-state index contributed by atoms with van der Waals surface area (Å²) in [6.07, 6.45) is 4.76. The second-order valence-corrected chi connectivity index (χ2v) is 7.47. The third kappa shape index (κ3) is 3.17. The number of carbonyl (C=O) groups excluding carboxylic acids is 1. The number of likely N-dealkylation sites (tertiary alicyclic amines) is 1. The fourth-order valence-electron chi connectivity index (χ4n) is 3.59. The van der Waals surface area contributed by atoms with Gasteiger partial charge in [-0.05, 0) is 47.7 Å². The zero-order valence-electron chi connectivity index (χ0n) is 13.8. The van der Waals surface area contributed by atoms with Crippen LogP contribution in [-0.4, -0.2) is 34.0 Å². The van der Waals surface area contributed by atoms with Gasteiger partial charge in [0.1, 0.15) is 0 Å². The minimum Gasteiger partial charge on any atom is -0.387 e. The van der Waals surface area contributed by atoms with Crippen molar-refractivity contribution in [3.8, 4) is 0 Å². The Morgan fingerprint density at radius 1 is 1.20 bits per heavy atom. The first kappa shape index (κ1) is 16.2. The highest BCUT2D eigenvalue weighted by atomic mass is 32.1. The van der Waals surface area contributed by atoms with E-state index in [2.05, 4.69) is 4.98 Å². The molecule has 1 N–H and O–H groups in total. The van der Waals surface area contributed by atoms with Gasteiger partial charge in [0.15, 0.2) is 0 Å². The fourth-order valence-corrected chi connectivity index (χ4v) is 4.39. The van der Waals surface area contributed by atoms with Crippen molar-refractivity contribution in [2.24, 2.45) is 5.92 Å². The van der Waals surface area contributed by atoms with Crippen molar-refractivity contribution in [1.82, 2.24) is 9.88 Å². The van der Waals surface area contributed by atoms with Crippen LogP contribution in [0.4, 0.5) is 0 Å². The molecule has 3 aromatic rings. The van der Waals surface area contributed by atoms with E-state index in [0.717, 1.165) is 34.1 Å². The number of piperidine rings is 1. The predicted molar refractivity (Wildman–Crippen MR) is 99.6 cm³/mol. The maximum absolute atomic E-state index is 13.0. The summed E-state index contributed by atoms with van der Waals surface area (Å²) in [6.45, 7) is 1.38. The summed E-state index contributed by atoms with van der Waals surface area (Å²) in [4.78, 5) is 20.0. The van der Waals surface area contributed by atoms with Crippen LogP contribution in [0.1, 0.15) is 34.2 Å². The summed E-state index contributed by atoms with van der Waals surface area (Å²) in [5.74, 6) is 0.292. The van der Waals surface area contributed by atoms with Crippen LogP contribution >= 0.6 is 11.3 Å². The molecule has 1 amide bonds. The van der Waals surface area contributed by atoms with Gasteiger partial charge < -0.3 is 10.0 Å². The number of pyridine rings is 1. The van der Waals surface area contributed by atoms with E-state index in [0.29, 0.717) is 13.1 Å². The van der Waals surface area contributed by atoms with E-state index in [1.54, 1.807) is 23.7 Å². The van der Waals surface area contributed by atoms with Gasteiger partial charge in [-0.2, -0.15) is 0 Å². The van der Waals surface area contributed by atoms with Crippen molar-refractivity contribution in [3.63, 3.8) is 0 Å². The largest absolute Gasteiger partial charge is 0.387 e. The molecular weight excluding hydrogens is 332 g/mol. The smallest absolute Gasteiger partial charge is 0.254 e. The van der Waals surface area contributed by atoms with Crippen molar-refractivity contribution in [2.75, 3.05) is 13.1 Å². The Bertz CT molecular complexity index is 865. The number of rotatable bonds is 3. The molecule has 0 radical (unpaired) electrons. The van der Waals surface area contributed by atoms with Crippen molar-refractivity contribution in [2.45, 2.75) is 18.9 Å². The van der Waals surface area contributed by atoms with Crippen LogP contribution in [0.3, 0.4) is 0 Å². The van der Waals surface area contributed by atoms with Crippen molar-refractivity contribution < 1.29 is 9.90 Å². The fraction of sp³-hybridized carbons (Fsp3) is 0.300. The normalized spacial score (nSPS) is 16.9. The van der Waals surface area contributed by atoms with Crippen molar-refractivity contribution >= 4 is 28.0 Å². The standard InChI is InChI=1S/C20H20N2O2S/c23-19(18-5-2-12-25-18)14-7-10-22(11-8-14)20(24)17-4-1-3-15-13-21-9-6-16(15)17/h1-6,9,12-14,19,23H,7-8,10-11H2. The zero-order valence-corrected chi connectivity index (χ0v) is 14.7. The van der Waals surface area contributed by atoms with E-state index in [-0.39, 0.29) is 11.8 Å². The maximum Gasteiger partial charge on any atom is 0.254 e. The Hall–Kier alpha value is -2.24. The molecule has 128 valence electrons. The van der Waals surface area contributed by atoms with Crippen molar-refractivity contribution in [3.05, 3.63) is 64.6 Å². The molecule has 0 aliphatic carbocycles. The lowest BCUT2D eigenvalue weighted by molar-refractivity contribution is 0.0475. The van der Waals surface area contributed by atoms with E-state index in [1.807, 2.05) is 46.7 Å². The molecule has 0 saturated carbocycles. The van der Waals surface area contributed by atoms with Gasteiger partial charge in [0, 0.05) is 41.3 Å². The number of thiophene rings is 1. The second kappa shape index (κ2) is 6.94. The highest BCUT2D eigenvalue weighted by Crippen LogP contribution is 2.33. The Morgan fingerprint density at radius 2 is 2.04 bits per heavy atom. The van der Waals surface area contributed by atoms with Crippen LogP contribution in [0, 0.1) is 5.92 Å². The van der Waals surface area contributed by atoms with Crippen LogP contribution in [0.15, 0.2) is 54.2 Å². The molecule has 1 fully saturated rings. The van der Waals surface area contributed by atoms with Crippen molar-refractivity contribution in [1.29, 1.82) is 0 Å². The molecule has 4 nitrogen and oxygen atoms in total. The topological polar surface area (TPSA) is 53.4 Å². The third-order valence-corrected chi connectivity index (χ3v) is 5.96. The first-order valence-electron chi connectivity index (χ1n) is 8.57. The molecule has 1 aliphatic rings. The number of benzene rings is 1. The molecule has 0 bridgehead atoms. The molecule has 5 heteroatoms. The quantitative estimate of drug-likeness (QED) is 0.778. The summed E-state index contributed by atoms with van der Waals surface area (Å²) in [5, 5.41) is 14.4. The van der Waals surface area contributed by atoms with E-state index in [9.17, 15) is 9.90 Å². The molecule has 25 heavy (non-hydrogen) atoms. The van der Waals surface area contributed by atoms with Crippen LogP contribution in [0.25, 0.3) is 10.8 Å². The van der Waals surface area contributed by atoms with Crippen LogP contribution in [0.2, 0.25) is 0 Å². The van der Waals surface area contributed by atoms with Crippen LogP contribution in [-0.2, 0) is 0 Å². The Balaban J connectivity index is 1.48. The number of hydrogen-bond donors (Lipinski definition) is 1. The van der Waals surface area contributed by atoms with E-state index >= 15 is 0 Å². The lowest BCUT2D eigenvalue weighted by Gasteiger charge is -2.34. The predicted octanol–water partition coefficient (Wildman–Crippen LogP) is 3.88. The van der Waals surface area contributed by atoms with Crippen LogP contribution in [0.5, 0.6) is 0 Å². The molecule has 3 heterocycles. The molecule has 1 unspecified atom stereocenters. The number of carbonyl (C=O) groups is 1. The number of hydrogen-bond acceptors (Lipinski definition) is 4. The number of aromatic nitrogens is 1. The van der Waals surface area contributed by atoms with Gasteiger partial charge in [-0.3, -0.25) is 9.78 Å². The molecular formula is C20H20N2O2S. The third-order valence-electron chi connectivity index (χ3n) is 5.02. The maximum atomic E-state index is 13.0. The number of amides is 1. The first-order valence-corrected chi connectivity index (χ1v) is 9.45. The Kier molecular flexibility index (Phi) is 4.51. The minimum absolute atomic E-state index is 0.0702. The van der Waals surface area contributed by atoms with Gasteiger partial charge in [-0.25, -0.2) is 0 Å². The molecule has 1 atom stereocenters. The molecule has 1 saturated heterocycles.